The number of hydrogen-bond donors (Lipinski definition) is 0. The van der Waals surface area contributed by atoms with Crippen molar-refractivity contribution in [2.45, 2.75) is 6.92 Å². The fraction of sp³-hybridized carbons (Fsp3) is 0.125. The number of fused-ring (bicyclic) bond motifs is 1. The molecule has 0 atom stereocenters. The minimum atomic E-state index is -1.31. The van der Waals surface area contributed by atoms with Crippen molar-refractivity contribution in [3.05, 3.63) is 30.0 Å². The third-order valence-electron chi connectivity index (χ3n) is 1.69. The Morgan fingerprint density at radius 1 is 1.50 bits per heavy atom. The number of nitrogens with zero attached hydrogens (tertiary/aromatic N) is 3. The van der Waals surface area contributed by atoms with Crippen LogP contribution in [0.5, 0.6) is 0 Å². The van der Waals surface area contributed by atoms with E-state index in [1.54, 1.807) is 16.8 Å². The summed E-state index contributed by atoms with van der Waals surface area (Å²) in [6.45, 7) is 1.87. The number of rotatable bonds is 1. The van der Waals surface area contributed by atoms with Crippen LogP contribution in [0, 0.1) is 6.92 Å². The normalized spacial score (nSPS) is 9.79. The van der Waals surface area contributed by atoms with E-state index in [1.807, 2.05) is 6.92 Å². The zero-order valence-corrected chi connectivity index (χ0v) is 7.89. The summed E-state index contributed by atoms with van der Waals surface area (Å²) < 4.78 is 1.56. The molecule has 6 heteroatoms. The predicted octanol–water partition coefficient (Wildman–Crippen LogP) is -3.59. The second-order valence-corrected chi connectivity index (χ2v) is 2.74. The Balaban J connectivity index is 0.000000980. The van der Waals surface area contributed by atoms with Crippen LogP contribution in [0.4, 0.5) is 0 Å². The van der Waals surface area contributed by atoms with Crippen LogP contribution in [0.25, 0.3) is 5.65 Å². The fourth-order valence-corrected chi connectivity index (χ4v) is 1.14. The van der Waals surface area contributed by atoms with Crippen molar-refractivity contribution in [1.29, 1.82) is 0 Å². The van der Waals surface area contributed by atoms with Crippen molar-refractivity contribution >= 4 is 11.6 Å². The molecule has 2 aromatic heterocycles. The van der Waals surface area contributed by atoms with Gasteiger partial charge < -0.3 is 9.90 Å². The van der Waals surface area contributed by atoms with Gasteiger partial charge in [-0.3, -0.25) is 4.40 Å². The predicted molar refractivity (Wildman–Crippen MR) is 42.1 cm³/mol. The average Bonchev–Trinajstić information content (AvgIpc) is 2.46. The van der Waals surface area contributed by atoms with Crippen LogP contribution in [0.3, 0.4) is 0 Å². The quantitative estimate of drug-likeness (QED) is 0.428. The molecule has 0 saturated carbocycles. The molecule has 66 valence electrons. The van der Waals surface area contributed by atoms with Crippen LogP contribution < -0.4 is 24.0 Å². The number of aryl methyl sites for hydroxylation is 1. The van der Waals surface area contributed by atoms with E-state index in [0.717, 1.165) is 5.56 Å². The van der Waals surface area contributed by atoms with Crippen molar-refractivity contribution in [2.24, 2.45) is 0 Å². The molecule has 5 nitrogen and oxygen atoms in total. The third-order valence-corrected chi connectivity index (χ3v) is 1.69. The van der Waals surface area contributed by atoms with Gasteiger partial charge in [0, 0.05) is 12.4 Å². The summed E-state index contributed by atoms with van der Waals surface area (Å²) in [5.74, 6) is -1.31. The van der Waals surface area contributed by atoms with Gasteiger partial charge in [0.15, 0.2) is 5.65 Å². The molecule has 0 bridgehead atoms. The molecule has 0 radical (unpaired) electrons. The summed E-state index contributed by atoms with van der Waals surface area (Å²) in [6.07, 6.45) is 4.74. The maximum atomic E-state index is 10.5. The molecule has 0 aliphatic heterocycles. The molecular formula is C8H6LiN3O2. The van der Waals surface area contributed by atoms with Crippen LogP contribution >= 0.6 is 0 Å². The van der Waals surface area contributed by atoms with E-state index in [-0.39, 0.29) is 24.6 Å². The SMILES string of the molecule is Cc1cnc2c(C(=O)[O-])ncn2c1.[Li+]. The minimum Gasteiger partial charge on any atom is -0.543 e. The summed E-state index contributed by atoms with van der Waals surface area (Å²) >= 11 is 0. The van der Waals surface area contributed by atoms with Crippen LogP contribution in [-0.4, -0.2) is 20.3 Å². The first-order valence-electron chi connectivity index (χ1n) is 3.69. The van der Waals surface area contributed by atoms with Crippen LogP contribution in [-0.2, 0) is 0 Å². The van der Waals surface area contributed by atoms with Crippen LogP contribution in [0.15, 0.2) is 18.7 Å². The number of carboxylic acid groups (broad SMARTS) is 1. The number of aromatic nitrogens is 3. The number of hydrogen-bond acceptors (Lipinski definition) is 4. The van der Waals surface area contributed by atoms with E-state index in [4.69, 9.17) is 0 Å². The Bertz CT molecular complexity index is 480. The molecular weight excluding hydrogens is 177 g/mol. The standard InChI is InChI=1S/C8H7N3O2.Li/c1-5-2-9-7-6(8(12)13)10-4-11(7)3-5;/h2-4H,1H3,(H,12,13);/q;+1/p-1. The van der Waals surface area contributed by atoms with Gasteiger partial charge in [-0.2, -0.15) is 0 Å². The van der Waals surface area contributed by atoms with Gasteiger partial charge in [-0.05, 0) is 12.5 Å². The van der Waals surface area contributed by atoms with E-state index < -0.39 is 5.97 Å². The first-order valence-corrected chi connectivity index (χ1v) is 3.69. The molecule has 0 fully saturated rings. The Hall–Kier alpha value is -1.31. The maximum absolute atomic E-state index is 10.5. The van der Waals surface area contributed by atoms with Gasteiger partial charge in [-0.15, -0.1) is 0 Å². The molecule has 0 aliphatic carbocycles. The van der Waals surface area contributed by atoms with E-state index >= 15 is 0 Å². The molecule has 0 aliphatic rings. The number of carbonyl (C=O) groups is 1. The van der Waals surface area contributed by atoms with Crippen LogP contribution in [0.2, 0.25) is 0 Å². The second-order valence-electron chi connectivity index (χ2n) is 2.74. The molecule has 0 amide bonds. The van der Waals surface area contributed by atoms with Crippen molar-refractivity contribution in [3.63, 3.8) is 0 Å². The molecule has 0 aromatic carbocycles. The van der Waals surface area contributed by atoms with Gasteiger partial charge in [-0.25, -0.2) is 9.97 Å². The zero-order valence-electron chi connectivity index (χ0n) is 7.89. The monoisotopic (exact) mass is 183 g/mol. The molecule has 2 aromatic rings. The average molecular weight is 183 g/mol. The largest absolute Gasteiger partial charge is 1.00 e. The molecule has 2 rings (SSSR count). The maximum Gasteiger partial charge on any atom is 1.00 e. The molecule has 0 spiro atoms. The molecule has 0 unspecified atom stereocenters. The molecule has 0 saturated heterocycles. The van der Waals surface area contributed by atoms with E-state index in [0.29, 0.717) is 5.65 Å². The van der Waals surface area contributed by atoms with Crippen molar-refractivity contribution in [2.75, 3.05) is 0 Å². The Morgan fingerprint density at radius 3 is 2.86 bits per heavy atom. The van der Waals surface area contributed by atoms with Crippen molar-refractivity contribution in [1.82, 2.24) is 14.4 Å². The van der Waals surface area contributed by atoms with Crippen LogP contribution in [0.1, 0.15) is 16.1 Å². The number of aromatic carboxylic acids is 1. The van der Waals surface area contributed by atoms with Gasteiger partial charge in [0.1, 0.15) is 12.0 Å². The number of carbonyl (C=O) groups excluding carboxylic acids is 1. The Morgan fingerprint density at radius 2 is 2.21 bits per heavy atom. The summed E-state index contributed by atoms with van der Waals surface area (Å²) in [5, 5.41) is 10.5. The topological polar surface area (TPSA) is 70.3 Å². The first kappa shape index (κ1) is 10.8. The summed E-state index contributed by atoms with van der Waals surface area (Å²) in [4.78, 5) is 18.1. The zero-order chi connectivity index (χ0) is 9.42. The molecule has 14 heavy (non-hydrogen) atoms. The molecule has 0 N–H and O–H groups in total. The Labute approximate surface area is 92.0 Å². The third kappa shape index (κ3) is 1.65. The summed E-state index contributed by atoms with van der Waals surface area (Å²) in [6, 6.07) is 0. The minimum absolute atomic E-state index is 0. The van der Waals surface area contributed by atoms with Gasteiger partial charge in [0.05, 0.1) is 5.97 Å². The molecule has 2 heterocycles. The van der Waals surface area contributed by atoms with Crippen molar-refractivity contribution < 1.29 is 28.8 Å². The van der Waals surface area contributed by atoms with E-state index in [1.165, 1.54) is 6.33 Å². The fourth-order valence-electron chi connectivity index (χ4n) is 1.14. The van der Waals surface area contributed by atoms with Crippen molar-refractivity contribution in [3.8, 4) is 0 Å². The summed E-state index contributed by atoms with van der Waals surface area (Å²) in [7, 11) is 0. The number of imidazole rings is 1. The second kappa shape index (κ2) is 3.82. The van der Waals surface area contributed by atoms with E-state index in [9.17, 15) is 9.90 Å². The van der Waals surface area contributed by atoms with Gasteiger partial charge >= 0.3 is 18.9 Å². The van der Waals surface area contributed by atoms with E-state index in [2.05, 4.69) is 9.97 Å². The summed E-state index contributed by atoms with van der Waals surface area (Å²) in [5.41, 5.74) is 1.13. The number of carboxylic acids is 1. The van der Waals surface area contributed by atoms with Gasteiger partial charge in [0.25, 0.3) is 0 Å². The smallest absolute Gasteiger partial charge is 0.543 e. The van der Waals surface area contributed by atoms with Gasteiger partial charge in [0.2, 0.25) is 0 Å². The first-order chi connectivity index (χ1) is 6.18. The van der Waals surface area contributed by atoms with Gasteiger partial charge in [-0.1, -0.05) is 0 Å². The Kier molecular flexibility index (Phi) is 2.94.